The van der Waals surface area contributed by atoms with E-state index in [-0.39, 0.29) is 12.1 Å². The van der Waals surface area contributed by atoms with Crippen molar-refractivity contribution in [2.24, 2.45) is 0 Å². The van der Waals surface area contributed by atoms with Gasteiger partial charge in [-0.1, -0.05) is 13.0 Å². The summed E-state index contributed by atoms with van der Waals surface area (Å²) in [6.07, 6.45) is 4.38. The molecule has 1 atom stereocenters. The van der Waals surface area contributed by atoms with Crippen molar-refractivity contribution in [2.75, 3.05) is 31.1 Å². The maximum atomic E-state index is 12.5. The molecule has 1 aliphatic heterocycles. The lowest BCUT2D eigenvalue weighted by Crippen LogP contribution is -2.52. The molecule has 1 N–H and O–H groups in total. The average Bonchev–Trinajstić information content (AvgIpc) is 3.15. The highest BCUT2D eigenvalue weighted by molar-refractivity contribution is 7.10. The summed E-state index contributed by atoms with van der Waals surface area (Å²) in [6, 6.07) is 6.01. The molecule has 1 fully saturated rings. The largest absolute Gasteiger partial charge is 0.337 e. The van der Waals surface area contributed by atoms with Gasteiger partial charge in [0.25, 0.3) is 0 Å². The number of hydrogen-bond donors (Lipinski definition) is 1. The predicted octanol–water partition coefficient (Wildman–Crippen LogP) is 2.52. The van der Waals surface area contributed by atoms with E-state index in [9.17, 15) is 4.79 Å². The quantitative estimate of drug-likeness (QED) is 0.935. The Morgan fingerprint density at radius 2 is 2.00 bits per heavy atom. The number of nitrogens with zero attached hydrogens (tertiary/aromatic N) is 4. The van der Waals surface area contributed by atoms with Crippen LogP contribution in [-0.2, 0) is 0 Å². The maximum Gasteiger partial charge on any atom is 0.318 e. The fraction of sp³-hybridized carbons (Fsp3) is 0.438. The van der Waals surface area contributed by atoms with Crippen molar-refractivity contribution in [3.8, 4) is 0 Å². The van der Waals surface area contributed by atoms with Crippen LogP contribution in [0.2, 0.25) is 0 Å². The summed E-state index contributed by atoms with van der Waals surface area (Å²) in [5.41, 5.74) is 0. The Balaban J connectivity index is 1.54. The normalized spacial score (nSPS) is 16.2. The minimum atomic E-state index is 0.0129. The first-order valence-electron chi connectivity index (χ1n) is 7.88. The molecule has 6 nitrogen and oxygen atoms in total. The van der Waals surface area contributed by atoms with Crippen LogP contribution in [0.25, 0.3) is 0 Å². The molecule has 2 amide bonds. The molecule has 1 saturated heterocycles. The van der Waals surface area contributed by atoms with Gasteiger partial charge in [-0.25, -0.2) is 14.8 Å². The van der Waals surface area contributed by atoms with Crippen LogP contribution in [0.4, 0.5) is 10.7 Å². The molecular formula is C16H21N5OS. The number of carbonyl (C=O) groups excluding carboxylic acids is 1. The number of carbonyl (C=O) groups is 1. The molecule has 0 aromatic carbocycles. The van der Waals surface area contributed by atoms with Crippen LogP contribution in [0.15, 0.2) is 36.0 Å². The highest BCUT2D eigenvalue weighted by Crippen LogP contribution is 2.22. The first-order chi connectivity index (χ1) is 11.3. The molecule has 0 radical (unpaired) electrons. The lowest BCUT2D eigenvalue weighted by molar-refractivity contribution is 0.190. The molecule has 23 heavy (non-hydrogen) atoms. The predicted molar refractivity (Wildman–Crippen MR) is 91.7 cm³/mol. The number of aromatic nitrogens is 2. The summed E-state index contributed by atoms with van der Waals surface area (Å²) in [6.45, 7) is 4.98. The Morgan fingerprint density at radius 1 is 1.26 bits per heavy atom. The van der Waals surface area contributed by atoms with Gasteiger partial charge in [-0.2, -0.15) is 0 Å². The molecule has 2 aromatic heterocycles. The molecule has 3 heterocycles. The SMILES string of the molecule is CCC(NC(=O)N1CCN(c2ncccn2)CC1)c1cccs1. The smallest absolute Gasteiger partial charge is 0.318 e. The van der Waals surface area contributed by atoms with E-state index in [0.717, 1.165) is 25.5 Å². The second kappa shape index (κ2) is 7.41. The van der Waals surface area contributed by atoms with Crippen molar-refractivity contribution >= 4 is 23.3 Å². The van der Waals surface area contributed by atoms with Crippen molar-refractivity contribution in [1.82, 2.24) is 20.2 Å². The van der Waals surface area contributed by atoms with Crippen LogP contribution in [0.1, 0.15) is 24.3 Å². The number of piperazine rings is 1. The van der Waals surface area contributed by atoms with Crippen LogP contribution in [-0.4, -0.2) is 47.1 Å². The fourth-order valence-corrected chi connectivity index (χ4v) is 3.53. The van der Waals surface area contributed by atoms with Crippen molar-refractivity contribution in [1.29, 1.82) is 0 Å². The number of thiophene rings is 1. The molecule has 7 heteroatoms. The van der Waals surface area contributed by atoms with Gasteiger partial charge in [0.05, 0.1) is 6.04 Å². The van der Waals surface area contributed by atoms with E-state index in [1.165, 1.54) is 4.88 Å². The number of nitrogens with one attached hydrogen (secondary N) is 1. The number of urea groups is 1. The first-order valence-corrected chi connectivity index (χ1v) is 8.76. The topological polar surface area (TPSA) is 61.4 Å². The summed E-state index contributed by atoms with van der Waals surface area (Å²) in [4.78, 5) is 26.2. The van der Waals surface area contributed by atoms with Crippen molar-refractivity contribution < 1.29 is 4.79 Å². The van der Waals surface area contributed by atoms with Gasteiger partial charge >= 0.3 is 6.03 Å². The summed E-state index contributed by atoms with van der Waals surface area (Å²) < 4.78 is 0. The Bertz CT molecular complexity index is 611. The summed E-state index contributed by atoms with van der Waals surface area (Å²) >= 11 is 1.68. The molecule has 0 spiro atoms. The standard InChI is InChI=1S/C16H21N5OS/c1-2-13(14-5-3-12-23-14)19-16(22)21-10-8-20(9-11-21)15-17-6-4-7-18-15/h3-7,12-13H,2,8-11H2,1H3,(H,19,22). The molecule has 0 aliphatic carbocycles. The maximum absolute atomic E-state index is 12.5. The third kappa shape index (κ3) is 3.79. The summed E-state index contributed by atoms with van der Waals surface area (Å²) in [5.74, 6) is 0.734. The van der Waals surface area contributed by atoms with E-state index >= 15 is 0 Å². The van der Waals surface area contributed by atoms with Crippen LogP contribution in [0.3, 0.4) is 0 Å². The summed E-state index contributed by atoms with van der Waals surface area (Å²) in [7, 11) is 0. The van der Waals surface area contributed by atoms with Gasteiger partial charge in [-0.05, 0) is 23.9 Å². The molecule has 0 saturated carbocycles. The highest BCUT2D eigenvalue weighted by atomic mass is 32.1. The Hall–Kier alpha value is -2.15. The molecule has 122 valence electrons. The van der Waals surface area contributed by atoms with Gasteiger partial charge in [0.15, 0.2) is 0 Å². The summed E-state index contributed by atoms with van der Waals surface area (Å²) in [5, 5.41) is 5.19. The van der Waals surface area contributed by atoms with Gasteiger partial charge in [0, 0.05) is 43.4 Å². The Labute approximate surface area is 140 Å². The van der Waals surface area contributed by atoms with Crippen LogP contribution in [0, 0.1) is 0 Å². The van der Waals surface area contributed by atoms with E-state index in [1.807, 2.05) is 22.4 Å². The van der Waals surface area contributed by atoms with Crippen LogP contribution in [0.5, 0.6) is 0 Å². The lowest BCUT2D eigenvalue weighted by Gasteiger charge is -2.35. The lowest BCUT2D eigenvalue weighted by atomic mass is 10.2. The molecular weight excluding hydrogens is 310 g/mol. The fourth-order valence-electron chi connectivity index (χ4n) is 2.67. The van der Waals surface area contributed by atoms with E-state index in [4.69, 9.17) is 0 Å². The molecule has 1 unspecified atom stereocenters. The van der Waals surface area contributed by atoms with Gasteiger partial charge in [0.2, 0.25) is 5.95 Å². The zero-order valence-corrected chi connectivity index (χ0v) is 14.0. The molecule has 0 bridgehead atoms. The van der Waals surface area contributed by atoms with Gasteiger partial charge in [-0.3, -0.25) is 0 Å². The number of rotatable bonds is 4. The molecule has 3 rings (SSSR count). The zero-order valence-electron chi connectivity index (χ0n) is 13.2. The number of amides is 2. The monoisotopic (exact) mass is 331 g/mol. The minimum absolute atomic E-state index is 0.0129. The third-order valence-electron chi connectivity index (χ3n) is 3.99. The van der Waals surface area contributed by atoms with E-state index in [1.54, 1.807) is 23.7 Å². The van der Waals surface area contributed by atoms with Gasteiger partial charge < -0.3 is 15.1 Å². The van der Waals surface area contributed by atoms with Crippen molar-refractivity contribution in [3.63, 3.8) is 0 Å². The van der Waals surface area contributed by atoms with E-state index < -0.39 is 0 Å². The second-order valence-corrected chi connectivity index (χ2v) is 6.43. The number of anilines is 1. The molecule has 2 aromatic rings. The van der Waals surface area contributed by atoms with Crippen molar-refractivity contribution in [2.45, 2.75) is 19.4 Å². The van der Waals surface area contributed by atoms with Gasteiger partial charge in [0.1, 0.15) is 0 Å². The Kier molecular flexibility index (Phi) is 5.07. The van der Waals surface area contributed by atoms with E-state index in [0.29, 0.717) is 13.1 Å². The first kappa shape index (κ1) is 15.7. The second-order valence-electron chi connectivity index (χ2n) is 5.45. The minimum Gasteiger partial charge on any atom is -0.337 e. The highest BCUT2D eigenvalue weighted by Gasteiger charge is 2.24. The average molecular weight is 331 g/mol. The van der Waals surface area contributed by atoms with Crippen molar-refractivity contribution in [3.05, 3.63) is 40.8 Å². The third-order valence-corrected chi connectivity index (χ3v) is 4.98. The van der Waals surface area contributed by atoms with Crippen LogP contribution < -0.4 is 10.2 Å². The van der Waals surface area contributed by atoms with Crippen LogP contribution >= 0.6 is 11.3 Å². The van der Waals surface area contributed by atoms with E-state index in [2.05, 4.69) is 33.2 Å². The molecule has 1 aliphatic rings. The van der Waals surface area contributed by atoms with Gasteiger partial charge in [-0.15, -0.1) is 11.3 Å². The zero-order chi connectivity index (χ0) is 16.1. The number of hydrogen-bond acceptors (Lipinski definition) is 5. The Morgan fingerprint density at radius 3 is 2.61 bits per heavy atom.